The number of carbonyl (C=O) groups excluding carboxylic acids is 1. The molecule has 1 saturated carbocycles. The minimum Gasteiger partial charge on any atom is -0.481 e. The van der Waals surface area contributed by atoms with Gasteiger partial charge in [0, 0.05) is 17.2 Å². The Morgan fingerprint density at radius 1 is 1.16 bits per heavy atom. The molecule has 2 rings (SSSR count). The molecule has 1 fully saturated rings. The number of rotatable bonds is 4. The van der Waals surface area contributed by atoms with Crippen LogP contribution in [0.5, 0.6) is 0 Å². The molecule has 2 atom stereocenters. The normalized spacial score (nSPS) is 23.0. The Hall–Kier alpha value is -1.29. The van der Waals surface area contributed by atoms with Crippen molar-refractivity contribution in [3.63, 3.8) is 0 Å². The van der Waals surface area contributed by atoms with Crippen LogP contribution in [0.2, 0.25) is 0 Å². The summed E-state index contributed by atoms with van der Waals surface area (Å²) in [6, 6.07) is 7.34. The summed E-state index contributed by atoms with van der Waals surface area (Å²) >= 11 is 4.23. The molecule has 0 spiro atoms. The van der Waals surface area contributed by atoms with Crippen molar-refractivity contribution in [1.82, 2.24) is 0 Å². The van der Waals surface area contributed by atoms with Crippen molar-refractivity contribution in [2.24, 2.45) is 11.8 Å². The summed E-state index contributed by atoms with van der Waals surface area (Å²) in [5.74, 6) is -1.30. The molecule has 102 valence electrons. The van der Waals surface area contributed by atoms with Crippen molar-refractivity contribution >= 4 is 24.4 Å². The summed E-state index contributed by atoms with van der Waals surface area (Å²) < 4.78 is 0. The highest BCUT2D eigenvalue weighted by atomic mass is 32.1. The van der Waals surface area contributed by atoms with Crippen LogP contribution >= 0.6 is 12.6 Å². The molecule has 1 aromatic rings. The van der Waals surface area contributed by atoms with Gasteiger partial charge >= 0.3 is 5.97 Å². The van der Waals surface area contributed by atoms with E-state index in [0.717, 1.165) is 18.4 Å². The molecule has 1 aliphatic carbocycles. The van der Waals surface area contributed by atoms with Crippen molar-refractivity contribution in [3.8, 4) is 0 Å². The highest BCUT2D eigenvalue weighted by Crippen LogP contribution is 2.33. The largest absolute Gasteiger partial charge is 0.481 e. The zero-order valence-corrected chi connectivity index (χ0v) is 11.6. The summed E-state index contributed by atoms with van der Waals surface area (Å²) in [7, 11) is 0. The Kier molecular flexibility index (Phi) is 4.64. The van der Waals surface area contributed by atoms with E-state index in [2.05, 4.69) is 12.6 Å². The summed E-state index contributed by atoms with van der Waals surface area (Å²) in [5, 5.41) is 9.26. The highest BCUT2D eigenvalue weighted by molar-refractivity contribution is 7.79. The molecule has 1 aromatic carbocycles. The molecule has 19 heavy (non-hydrogen) atoms. The standard InChI is InChI=1S/C15H18O3S/c16-14(11-6-2-1-5-10(11)9-19)12-7-3-4-8-13(12)15(17)18/h1-2,5-6,12-13,19H,3-4,7-9H2,(H,17,18)/t12-,13-/m1/s1. The minimum atomic E-state index is -0.846. The fraction of sp³-hybridized carbons (Fsp3) is 0.467. The molecule has 0 heterocycles. The van der Waals surface area contributed by atoms with E-state index < -0.39 is 11.9 Å². The lowest BCUT2D eigenvalue weighted by Crippen LogP contribution is -2.33. The maximum Gasteiger partial charge on any atom is 0.307 e. The first kappa shape index (κ1) is 14.1. The molecule has 0 amide bonds. The molecule has 0 unspecified atom stereocenters. The van der Waals surface area contributed by atoms with Crippen LogP contribution in [0, 0.1) is 11.8 Å². The third-order valence-corrected chi connectivity index (χ3v) is 4.21. The van der Waals surface area contributed by atoms with Gasteiger partial charge in [-0.05, 0) is 18.4 Å². The van der Waals surface area contributed by atoms with Crippen molar-refractivity contribution in [2.45, 2.75) is 31.4 Å². The molecule has 0 radical (unpaired) electrons. The maximum atomic E-state index is 12.6. The zero-order chi connectivity index (χ0) is 13.8. The number of benzene rings is 1. The molecular formula is C15H18O3S. The average Bonchev–Trinajstić information content (AvgIpc) is 2.46. The van der Waals surface area contributed by atoms with Crippen molar-refractivity contribution in [2.75, 3.05) is 0 Å². The molecule has 1 N–H and O–H groups in total. The van der Waals surface area contributed by atoms with Gasteiger partial charge in [-0.15, -0.1) is 0 Å². The fourth-order valence-corrected chi connectivity index (χ4v) is 3.11. The van der Waals surface area contributed by atoms with Crippen LogP contribution in [-0.4, -0.2) is 16.9 Å². The Morgan fingerprint density at radius 2 is 1.79 bits per heavy atom. The van der Waals surface area contributed by atoms with Crippen LogP contribution in [0.15, 0.2) is 24.3 Å². The Balaban J connectivity index is 2.29. The molecule has 0 aliphatic heterocycles. The number of Topliss-reactive ketones (excluding diaryl/α,β-unsaturated/α-hetero) is 1. The second-order valence-electron chi connectivity index (χ2n) is 5.02. The second kappa shape index (κ2) is 6.24. The molecule has 0 bridgehead atoms. The minimum absolute atomic E-state index is 0.0308. The first-order valence-electron chi connectivity index (χ1n) is 6.61. The smallest absolute Gasteiger partial charge is 0.307 e. The summed E-state index contributed by atoms with van der Waals surface area (Å²) in [4.78, 5) is 23.9. The lowest BCUT2D eigenvalue weighted by Gasteiger charge is -2.27. The molecule has 1 aliphatic rings. The van der Waals surface area contributed by atoms with E-state index >= 15 is 0 Å². The number of hydrogen-bond donors (Lipinski definition) is 2. The van der Waals surface area contributed by atoms with Crippen LogP contribution in [0.3, 0.4) is 0 Å². The van der Waals surface area contributed by atoms with Crippen LogP contribution in [-0.2, 0) is 10.5 Å². The summed E-state index contributed by atoms with van der Waals surface area (Å²) in [6.45, 7) is 0. The topological polar surface area (TPSA) is 54.4 Å². The van der Waals surface area contributed by atoms with Crippen LogP contribution < -0.4 is 0 Å². The molecule has 4 heteroatoms. The predicted molar refractivity (Wildman–Crippen MR) is 76.5 cm³/mol. The van der Waals surface area contributed by atoms with Crippen LogP contribution in [0.4, 0.5) is 0 Å². The van der Waals surface area contributed by atoms with E-state index in [1.807, 2.05) is 18.2 Å². The van der Waals surface area contributed by atoms with Gasteiger partial charge in [-0.2, -0.15) is 12.6 Å². The Morgan fingerprint density at radius 3 is 2.42 bits per heavy atom. The number of carboxylic acid groups (broad SMARTS) is 1. The number of thiol groups is 1. The predicted octanol–water partition coefficient (Wildman–Crippen LogP) is 3.19. The van der Waals surface area contributed by atoms with Gasteiger partial charge in [-0.25, -0.2) is 0 Å². The number of hydrogen-bond acceptors (Lipinski definition) is 3. The Labute approximate surface area is 118 Å². The first-order chi connectivity index (χ1) is 9.15. The van der Waals surface area contributed by atoms with Crippen molar-refractivity contribution in [1.29, 1.82) is 0 Å². The highest BCUT2D eigenvalue weighted by Gasteiger charge is 2.36. The maximum absolute atomic E-state index is 12.6. The lowest BCUT2D eigenvalue weighted by atomic mass is 9.75. The van der Waals surface area contributed by atoms with Gasteiger partial charge in [-0.3, -0.25) is 9.59 Å². The van der Waals surface area contributed by atoms with Gasteiger partial charge in [0.05, 0.1) is 5.92 Å². The number of aliphatic carboxylic acids is 1. The molecular weight excluding hydrogens is 260 g/mol. The Bertz CT molecular complexity index is 484. The number of carboxylic acids is 1. The van der Waals surface area contributed by atoms with E-state index in [1.165, 1.54) is 0 Å². The van der Waals surface area contributed by atoms with Crippen molar-refractivity contribution < 1.29 is 14.7 Å². The summed E-state index contributed by atoms with van der Waals surface area (Å²) in [6.07, 6.45) is 3.11. The first-order valence-corrected chi connectivity index (χ1v) is 7.24. The fourth-order valence-electron chi connectivity index (χ4n) is 2.84. The average molecular weight is 278 g/mol. The molecule has 3 nitrogen and oxygen atoms in total. The summed E-state index contributed by atoms with van der Waals surface area (Å²) in [5.41, 5.74) is 1.51. The monoisotopic (exact) mass is 278 g/mol. The third kappa shape index (κ3) is 3.00. The van der Waals surface area contributed by atoms with E-state index in [9.17, 15) is 14.7 Å². The number of carbonyl (C=O) groups is 2. The van der Waals surface area contributed by atoms with E-state index in [0.29, 0.717) is 24.2 Å². The van der Waals surface area contributed by atoms with Gasteiger partial charge < -0.3 is 5.11 Å². The van der Waals surface area contributed by atoms with Crippen LogP contribution in [0.25, 0.3) is 0 Å². The number of ketones is 1. The van der Waals surface area contributed by atoms with E-state index in [4.69, 9.17) is 0 Å². The molecule has 0 aromatic heterocycles. The van der Waals surface area contributed by atoms with E-state index in [1.54, 1.807) is 6.07 Å². The van der Waals surface area contributed by atoms with Gasteiger partial charge in [-0.1, -0.05) is 37.1 Å². The van der Waals surface area contributed by atoms with Gasteiger partial charge in [0.15, 0.2) is 5.78 Å². The third-order valence-electron chi connectivity index (χ3n) is 3.87. The SMILES string of the molecule is O=C(O)[C@@H]1CCCC[C@H]1C(=O)c1ccccc1CS. The van der Waals surface area contributed by atoms with Gasteiger partial charge in [0.1, 0.15) is 0 Å². The quantitative estimate of drug-likeness (QED) is 0.657. The van der Waals surface area contributed by atoms with Crippen molar-refractivity contribution in [3.05, 3.63) is 35.4 Å². The van der Waals surface area contributed by atoms with Crippen LogP contribution in [0.1, 0.15) is 41.6 Å². The van der Waals surface area contributed by atoms with Gasteiger partial charge in [0.2, 0.25) is 0 Å². The molecule has 0 saturated heterocycles. The lowest BCUT2D eigenvalue weighted by molar-refractivity contribution is -0.144. The second-order valence-corrected chi connectivity index (χ2v) is 5.33. The van der Waals surface area contributed by atoms with E-state index in [-0.39, 0.29) is 11.7 Å². The van der Waals surface area contributed by atoms with Gasteiger partial charge in [0.25, 0.3) is 0 Å². The zero-order valence-electron chi connectivity index (χ0n) is 10.7.